The van der Waals surface area contributed by atoms with E-state index < -0.39 is 7.14 Å². The highest BCUT2D eigenvalue weighted by atomic mass is 31.2. The zero-order valence-electron chi connectivity index (χ0n) is 13.2. The van der Waals surface area contributed by atoms with Crippen LogP contribution in [0.25, 0.3) is 0 Å². The van der Waals surface area contributed by atoms with E-state index in [4.69, 9.17) is 0 Å². The lowest BCUT2D eigenvalue weighted by molar-refractivity contribution is 0.107. The van der Waals surface area contributed by atoms with Gasteiger partial charge in [0.2, 0.25) is 5.52 Å². The molecule has 0 aliphatic carbocycles. The minimum atomic E-state index is -2.91. The molecule has 3 heteroatoms. The smallest absolute Gasteiger partial charge is 0.222 e. The lowest BCUT2D eigenvalue weighted by Gasteiger charge is -2.20. The Balaban J connectivity index is 3.33. The molecule has 0 bridgehead atoms. The molecular weight excluding hydrogens is 267 g/mol. The molecule has 20 heavy (non-hydrogen) atoms. The molecule has 0 aliphatic rings. The van der Waals surface area contributed by atoms with Gasteiger partial charge in [-0.2, -0.15) is 0 Å². The van der Waals surface area contributed by atoms with Gasteiger partial charge in [-0.1, -0.05) is 37.6 Å². The van der Waals surface area contributed by atoms with E-state index in [0.717, 1.165) is 16.7 Å². The number of hydrogen-bond donors (Lipinski definition) is 0. The Kier molecular flexibility index (Phi) is 5.53. The fourth-order valence-electron chi connectivity index (χ4n) is 2.76. The van der Waals surface area contributed by atoms with E-state index in [1.165, 1.54) is 0 Å². The van der Waals surface area contributed by atoms with E-state index in [0.29, 0.717) is 11.7 Å². The van der Waals surface area contributed by atoms with Crippen molar-refractivity contribution in [2.24, 2.45) is 5.92 Å². The first kappa shape index (κ1) is 16.9. The summed E-state index contributed by atoms with van der Waals surface area (Å²) >= 11 is 0. The van der Waals surface area contributed by atoms with E-state index in [9.17, 15) is 9.36 Å². The third-order valence-corrected chi connectivity index (χ3v) is 6.48. The van der Waals surface area contributed by atoms with Gasteiger partial charge in [0.1, 0.15) is 0 Å². The van der Waals surface area contributed by atoms with Crippen molar-refractivity contribution in [2.75, 3.05) is 12.3 Å². The van der Waals surface area contributed by atoms with Crippen LogP contribution >= 0.6 is 7.14 Å². The van der Waals surface area contributed by atoms with Crippen molar-refractivity contribution >= 4 is 12.7 Å². The zero-order valence-corrected chi connectivity index (χ0v) is 14.1. The number of rotatable bonds is 6. The first-order chi connectivity index (χ1) is 9.21. The quantitative estimate of drug-likeness (QED) is 0.548. The predicted octanol–water partition coefficient (Wildman–Crippen LogP) is 4.96. The molecule has 0 heterocycles. The van der Waals surface area contributed by atoms with Gasteiger partial charge in [-0.3, -0.25) is 4.79 Å². The fourth-order valence-corrected chi connectivity index (χ4v) is 5.60. The van der Waals surface area contributed by atoms with Crippen LogP contribution in [0.3, 0.4) is 0 Å². The average Bonchev–Trinajstić information content (AvgIpc) is 2.26. The van der Waals surface area contributed by atoms with Crippen molar-refractivity contribution in [1.82, 2.24) is 0 Å². The predicted molar refractivity (Wildman–Crippen MR) is 87.4 cm³/mol. The molecule has 1 aromatic carbocycles. The van der Waals surface area contributed by atoms with Gasteiger partial charge < -0.3 is 4.57 Å². The SMILES string of the molecule is C=CCP(=O)(CC(C)C)C(=O)c1c(C)cc(C)cc1C. The molecule has 2 nitrogen and oxygen atoms in total. The number of allylic oxidation sites excluding steroid dienone is 1. The molecule has 0 aromatic heterocycles. The second-order valence-corrected chi connectivity index (χ2v) is 8.93. The number of benzene rings is 1. The molecule has 1 atom stereocenters. The Morgan fingerprint density at radius 1 is 1.25 bits per heavy atom. The van der Waals surface area contributed by atoms with Crippen molar-refractivity contribution in [3.05, 3.63) is 47.0 Å². The normalized spacial score (nSPS) is 14.1. The summed E-state index contributed by atoms with van der Waals surface area (Å²) in [6.07, 6.45) is 2.35. The van der Waals surface area contributed by atoms with Crippen LogP contribution in [0.1, 0.15) is 40.9 Å². The Morgan fingerprint density at radius 3 is 2.15 bits per heavy atom. The van der Waals surface area contributed by atoms with Crippen LogP contribution in [0.2, 0.25) is 0 Å². The lowest BCUT2D eigenvalue weighted by Crippen LogP contribution is -2.13. The third kappa shape index (κ3) is 3.70. The second-order valence-electron chi connectivity index (χ2n) is 6.02. The number of aryl methyl sites for hydroxylation is 3. The van der Waals surface area contributed by atoms with Crippen LogP contribution in [0.4, 0.5) is 0 Å². The zero-order chi connectivity index (χ0) is 15.5. The molecule has 110 valence electrons. The monoisotopic (exact) mass is 292 g/mol. The lowest BCUT2D eigenvalue weighted by atomic mass is 10.0. The first-order valence-electron chi connectivity index (χ1n) is 7.03. The molecule has 1 unspecified atom stereocenters. The van der Waals surface area contributed by atoms with Crippen molar-refractivity contribution < 1.29 is 9.36 Å². The Hall–Kier alpha value is -1.14. The van der Waals surface area contributed by atoms with Gasteiger partial charge in [-0.05, 0) is 37.8 Å². The van der Waals surface area contributed by atoms with E-state index in [1.807, 2.05) is 46.8 Å². The molecule has 0 amide bonds. The van der Waals surface area contributed by atoms with Gasteiger partial charge in [0.25, 0.3) is 0 Å². The largest absolute Gasteiger partial charge is 0.315 e. The van der Waals surface area contributed by atoms with E-state index in [2.05, 4.69) is 6.58 Å². The topological polar surface area (TPSA) is 34.1 Å². The maximum atomic E-state index is 13.1. The summed E-state index contributed by atoms with van der Waals surface area (Å²) in [6, 6.07) is 3.96. The molecule has 0 aliphatic heterocycles. The molecule has 0 N–H and O–H groups in total. The van der Waals surface area contributed by atoms with Crippen LogP contribution in [-0.2, 0) is 4.57 Å². The van der Waals surface area contributed by atoms with Gasteiger partial charge in [0.15, 0.2) is 7.14 Å². The second kappa shape index (κ2) is 6.54. The highest BCUT2D eigenvalue weighted by Gasteiger charge is 2.33. The Labute approximate surface area is 122 Å². The third-order valence-electron chi connectivity index (χ3n) is 3.35. The summed E-state index contributed by atoms with van der Waals surface area (Å²) in [5.74, 6) is 0.232. The number of carbonyl (C=O) groups excluding carboxylic acids is 1. The minimum absolute atomic E-state index is 0.180. The van der Waals surface area contributed by atoms with Crippen LogP contribution in [0, 0.1) is 26.7 Å². The van der Waals surface area contributed by atoms with Gasteiger partial charge in [-0.15, -0.1) is 6.58 Å². The summed E-state index contributed by atoms with van der Waals surface area (Å²) < 4.78 is 13.1. The fraction of sp³-hybridized carbons (Fsp3) is 0.471. The standard InChI is InChI=1S/C17H25O2P/c1-7-8-20(19,11-12(2)3)17(18)16-14(5)9-13(4)10-15(16)6/h7,9-10,12H,1,8,11H2,2-6H3. The van der Waals surface area contributed by atoms with Crippen molar-refractivity contribution in [1.29, 1.82) is 0 Å². The van der Waals surface area contributed by atoms with E-state index in [-0.39, 0.29) is 17.6 Å². The van der Waals surface area contributed by atoms with E-state index >= 15 is 0 Å². The molecule has 0 saturated heterocycles. The maximum absolute atomic E-state index is 13.1. The molecule has 0 spiro atoms. The van der Waals surface area contributed by atoms with Crippen LogP contribution in [0.5, 0.6) is 0 Å². The van der Waals surface area contributed by atoms with Gasteiger partial charge in [-0.25, -0.2) is 0 Å². The molecule has 0 fully saturated rings. The Morgan fingerprint density at radius 2 is 1.75 bits per heavy atom. The highest BCUT2D eigenvalue weighted by Crippen LogP contribution is 2.51. The molecular formula is C17H25O2P. The minimum Gasteiger partial charge on any atom is -0.315 e. The van der Waals surface area contributed by atoms with Crippen molar-refractivity contribution in [3.8, 4) is 0 Å². The van der Waals surface area contributed by atoms with Crippen molar-refractivity contribution in [3.63, 3.8) is 0 Å². The molecule has 1 rings (SSSR count). The summed E-state index contributed by atoms with van der Waals surface area (Å²) in [7, 11) is -2.91. The van der Waals surface area contributed by atoms with Gasteiger partial charge in [0, 0.05) is 17.9 Å². The highest BCUT2D eigenvalue weighted by molar-refractivity contribution is 7.81. The maximum Gasteiger partial charge on any atom is 0.222 e. The van der Waals surface area contributed by atoms with Crippen LogP contribution in [0.15, 0.2) is 24.8 Å². The summed E-state index contributed by atoms with van der Waals surface area (Å²) in [5.41, 5.74) is 3.42. The first-order valence-corrected chi connectivity index (χ1v) is 9.10. The molecule has 0 radical (unpaired) electrons. The average molecular weight is 292 g/mol. The van der Waals surface area contributed by atoms with Crippen LogP contribution < -0.4 is 0 Å². The van der Waals surface area contributed by atoms with Crippen LogP contribution in [-0.4, -0.2) is 17.8 Å². The summed E-state index contributed by atoms with van der Waals surface area (Å²) in [5, 5.41) is 0. The van der Waals surface area contributed by atoms with Gasteiger partial charge >= 0.3 is 0 Å². The summed E-state index contributed by atoms with van der Waals surface area (Å²) in [4.78, 5) is 12.8. The van der Waals surface area contributed by atoms with E-state index in [1.54, 1.807) is 6.08 Å². The number of carbonyl (C=O) groups is 1. The molecule has 1 aromatic rings. The van der Waals surface area contributed by atoms with Gasteiger partial charge in [0.05, 0.1) is 0 Å². The number of hydrogen-bond acceptors (Lipinski definition) is 2. The summed E-state index contributed by atoms with van der Waals surface area (Å²) in [6.45, 7) is 13.5. The Bertz CT molecular complexity index is 547. The van der Waals surface area contributed by atoms with Crippen molar-refractivity contribution in [2.45, 2.75) is 34.6 Å². The molecule has 0 saturated carbocycles.